The lowest BCUT2D eigenvalue weighted by Crippen LogP contribution is -2.55. The second kappa shape index (κ2) is 9.34. The molecule has 0 bridgehead atoms. The summed E-state index contributed by atoms with van der Waals surface area (Å²) in [6.45, 7) is 4.88. The Morgan fingerprint density at radius 1 is 1.00 bits per heavy atom. The Morgan fingerprint density at radius 3 is 2.67 bits per heavy atom. The van der Waals surface area contributed by atoms with E-state index in [1.165, 1.54) is 5.39 Å². The van der Waals surface area contributed by atoms with Crippen molar-refractivity contribution in [1.29, 1.82) is 0 Å². The number of rotatable bonds is 3. The summed E-state index contributed by atoms with van der Waals surface area (Å²) in [6, 6.07) is 16.7. The van der Waals surface area contributed by atoms with Gasteiger partial charge in [-0.15, -0.1) is 0 Å². The third-order valence-corrected chi connectivity index (χ3v) is 9.51. The van der Waals surface area contributed by atoms with E-state index in [9.17, 15) is 14.7 Å². The number of carbonyl (C=O) groups is 1. The van der Waals surface area contributed by atoms with Gasteiger partial charge < -0.3 is 18.8 Å². The molecule has 2 fully saturated rings. The molecule has 1 N–H and O–H groups in total. The Kier molecular flexibility index (Phi) is 5.86. The van der Waals surface area contributed by atoms with Gasteiger partial charge in [0.25, 0.3) is 0 Å². The quantitative estimate of drug-likeness (QED) is 0.261. The zero-order valence-corrected chi connectivity index (χ0v) is 23.0. The third-order valence-electron chi connectivity index (χ3n) is 9.51. The van der Waals surface area contributed by atoms with Crippen LogP contribution in [-0.4, -0.2) is 34.6 Å². The highest BCUT2D eigenvalue weighted by Crippen LogP contribution is 2.41. The molecule has 2 aliphatic rings. The van der Waals surface area contributed by atoms with Crippen LogP contribution in [0.15, 0.2) is 68.4 Å². The Balaban J connectivity index is 1.26. The minimum atomic E-state index is -0.650. The molecule has 3 aromatic carbocycles. The summed E-state index contributed by atoms with van der Waals surface area (Å²) >= 11 is 0. The fraction of sp³-hybridized carbons (Fsp3) is 0.353. The van der Waals surface area contributed by atoms with E-state index in [4.69, 9.17) is 8.83 Å². The van der Waals surface area contributed by atoms with E-state index in [0.29, 0.717) is 36.2 Å². The Morgan fingerprint density at radius 2 is 1.82 bits per heavy atom. The van der Waals surface area contributed by atoms with Gasteiger partial charge in [0.05, 0.1) is 23.8 Å². The van der Waals surface area contributed by atoms with Gasteiger partial charge in [0.1, 0.15) is 11.2 Å². The molecule has 1 saturated carbocycles. The molecular weight excluding hydrogens is 502 g/mol. The molecule has 6 heteroatoms. The van der Waals surface area contributed by atoms with Gasteiger partial charge in [-0.2, -0.15) is 0 Å². The fourth-order valence-electron chi connectivity index (χ4n) is 7.04. The number of hydrogen-bond donors (Lipinski definition) is 1. The van der Waals surface area contributed by atoms with Gasteiger partial charge in [-0.1, -0.05) is 49.2 Å². The lowest BCUT2D eigenvalue weighted by atomic mass is 9.71. The normalized spacial score (nSPS) is 21.3. The maximum Gasteiger partial charge on any atom is 0.340 e. The van der Waals surface area contributed by atoms with Crippen LogP contribution in [0.1, 0.15) is 48.8 Å². The van der Waals surface area contributed by atoms with Crippen molar-refractivity contribution < 1.29 is 18.7 Å². The van der Waals surface area contributed by atoms with Crippen LogP contribution in [0.25, 0.3) is 43.8 Å². The summed E-state index contributed by atoms with van der Waals surface area (Å²) in [6.07, 6.45) is 6.25. The van der Waals surface area contributed by atoms with Crippen molar-refractivity contribution in [3.8, 4) is 11.1 Å². The van der Waals surface area contributed by atoms with E-state index in [2.05, 4.69) is 30.3 Å². The molecule has 40 heavy (non-hydrogen) atoms. The number of hydrogen-bond acceptors (Lipinski definition) is 5. The number of benzene rings is 3. The summed E-state index contributed by atoms with van der Waals surface area (Å²) in [7, 11) is 0. The van der Waals surface area contributed by atoms with Gasteiger partial charge in [0.15, 0.2) is 0 Å². The molecule has 2 aromatic heterocycles. The lowest BCUT2D eigenvalue weighted by molar-refractivity contribution is -0.142. The number of fused-ring (bicyclic) bond motifs is 4. The number of aliphatic hydroxyl groups is 1. The number of amides is 1. The average Bonchev–Trinajstić information content (AvgIpc) is 3.39. The minimum Gasteiger partial charge on any atom is -0.463 e. The molecule has 204 valence electrons. The molecule has 2 atom stereocenters. The molecule has 1 amide bonds. The zero-order chi connectivity index (χ0) is 27.6. The van der Waals surface area contributed by atoms with Crippen LogP contribution in [0.5, 0.6) is 0 Å². The molecular formula is C34H33NO5. The van der Waals surface area contributed by atoms with Crippen LogP contribution in [-0.2, 0) is 11.2 Å². The summed E-state index contributed by atoms with van der Waals surface area (Å²) in [4.78, 5) is 28.4. The maximum absolute atomic E-state index is 13.4. The van der Waals surface area contributed by atoms with E-state index >= 15 is 0 Å². The second-order valence-electron chi connectivity index (χ2n) is 11.8. The van der Waals surface area contributed by atoms with Gasteiger partial charge in [-0.05, 0) is 67.1 Å². The molecule has 0 radical (unpaired) electrons. The fourth-order valence-corrected chi connectivity index (χ4v) is 7.04. The van der Waals surface area contributed by atoms with Crippen molar-refractivity contribution in [3.05, 3.63) is 81.9 Å². The maximum atomic E-state index is 13.4. The molecule has 3 heterocycles. The first-order valence-corrected chi connectivity index (χ1v) is 14.3. The number of furan rings is 1. The van der Waals surface area contributed by atoms with Gasteiger partial charge in [0, 0.05) is 40.9 Å². The van der Waals surface area contributed by atoms with Gasteiger partial charge in [0.2, 0.25) is 5.91 Å². The monoisotopic (exact) mass is 535 g/mol. The Labute approximate surface area is 232 Å². The van der Waals surface area contributed by atoms with Crippen molar-refractivity contribution in [2.45, 2.75) is 58.0 Å². The summed E-state index contributed by atoms with van der Waals surface area (Å²) in [5.74, 6) is 0.0268. The van der Waals surface area contributed by atoms with Crippen LogP contribution in [0, 0.1) is 19.8 Å². The average molecular weight is 536 g/mol. The van der Waals surface area contributed by atoms with Crippen LogP contribution < -0.4 is 5.63 Å². The van der Waals surface area contributed by atoms with Crippen LogP contribution in [0.3, 0.4) is 0 Å². The van der Waals surface area contributed by atoms with Crippen LogP contribution in [0.4, 0.5) is 0 Å². The number of aryl methyl sites for hydroxylation is 2. The highest BCUT2D eigenvalue weighted by molar-refractivity contribution is 6.06. The SMILES string of the molecule is Cc1c(CC(=O)N2CC[C@]3(O)CCCC[C@@H]3C2)c(=O)oc2c(C)c3occ(-c4ccc5ccccc5c4)c3cc12. The number of likely N-dealkylation sites (tertiary alicyclic amines) is 1. The number of piperidine rings is 1. The molecule has 7 rings (SSSR count). The molecule has 0 spiro atoms. The number of nitrogens with zero attached hydrogens (tertiary/aromatic N) is 1. The van der Waals surface area contributed by atoms with E-state index in [0.717, 1.165) is 64.1 Å². The predicted molar refractivity (Wildman–Crippen MR) is 156 cm³/mol. The van der Waals surface area contributed by atoms with Crippen LogP contribution in [0.2, 0.25) is 0 Å². The minimum absolute atomic E-state index is 0.00470. The zero-order valence-electron chi connectivity index (χ0n) is 23.0. The molecule has 5 aromatic rings. The summed E-state index contributed by atoms with van der Waals surface area (Å²) < 4.78 is 11.9. The van der Waals surface area contributed by atoms with E-state index < -0.39 is 11.2 Å². The highest BCUT2D eigenvalue weighted by atomic mass is 16.4. The van der Waals surface area contributed by atoms with E-state index in [-0.39, 0.29) is 18.2 Å². The smallest absolute Gasteiger partial charge is 0.340 e. The van der Waals surface area contributed by atoms with E-state index in [1.807, 2.05) is 36.9 Å². The molecule has 0 unspecified atom stereocenters. The Hall–Kier alpha value is -3.90. The van der Waals surface area contributed by atoms with Gasteiger partial charge >= 0.3 is 5.63 Å². The molecule has 6 nitrogen and oxygen atoms in total. The molecule has 1 aliphatic carbocycles. The standard InChI is InChI=1S/C34H33NO5/c1-20-26-16-28-29(24-11-10-22-7-3-4-8-23(22)15-24)19-39-31(28)21(2)32(26)40-33(37)27(20)17-30(36)35-14-13-34(38)12-6-5-9-25(34)18-35/h3-4,7-8,10-11,15-16,19,25,38H,5-6,9,12-14,17-18H2,1-2H3/t25-,34-/m1/s1. The molecule has 1 aliphatic heterocycles. The van der Waals surface area contributed by atoms with Gasteiger partial charge in [-0.25, -0.2) is 4.79 Å². The largest absolute Gasteiger partial charge is 0.463 e. The first-order valence-electron chi connectivity index (χ1n) is 14.3. The third kappa shape index (κ3) is 3.96. The highest BCUT2D eigenvalue weighted by Gasteiger charge is 2.43. The summed E-state index contributed by atoms with van der Waals surface area (Å²) in [5, 5.41) is 15.1. The van der Waals surface area contributed by atoms with Crippen molar-refractivity contribution >= 4 is 38.6 Å². The van der Waals surface area contributed by atoms with Crippen molar-refractivity contribution in [3.63, 3.8) is 0 Å². The van der Waals surface area contributed by atoms with Crippen molar-refractivity contribution in [2.75, 3.05) is 13.1 Å². The predicted octanol–water partition coefficient (Wildman–Crippen LogP) is 6.67. The summed E-state index contributed by atoms with van der Waals surface area (Å²) in [5.41, 5.74) is 4.02. The lowest BCUT2D eigenvalue weighted by Gasteiger charge is -2.47. The second-order valence-corrected chi connectivity index (χ2v) is 11.8. The van der Waals surface area contributed by atoms with Crippen LogP contribution >= 0.6 is 0 Å². The van der Waals surface area contributed by atoms with Crippen molar-refractivity contribution in [1.82, 2.24) is 4.90 Å². The topological polar surface area (TPSA) is 83.9 Å². The van der Waals surface area contributed by atoms with Crippen molar-refractivity contribution in [2.24, 2.45) is 5.92 Å². The first-order chi connectivity index (χ1) is 19.3. The number of carbonyl (C=O) groups excluding carboxylic acids is 1. The van der Waals surface area contributed by atoms with Gasteiger partial charge in [-0.3, -0.25) is 4.79 Å². The first kappa shape index (κ1) is 25.1. The molecule has 1 saturated heterocycles. The van der Waals surface area contributed by atoms with E-state index in [1.54, 1.807) is 6.26 Å². The Bertz CT molecular complexity index is 1860.